The zero-order valence-electron chi connectivity index (χ0n) is 16.2. The third-order valence-electron chi connectivity index (χ3n) is 4.67. The van der Waals surface area contributed by atoms with Crippen molar-refractivity contribution in [2.75, 3.05) is 21.3 Å². The molecule has 0 atom stereocenters. The lowest BCUT2D eigenvalue weighted by Crippen LogP contribution is -1.98. The Labute approximate surface area is 162 Å². The van der Waals surface area contributed by atoms with Crippen LogP contribution in [0.3, 0.4) is 0 Å². The molecule has 0 N–H and O–H groups in total. The number of allylic oxidation sites excluding steroid dienone is 1. The molecular formula is C22H21NO5. The molecule has 0 spiro atoms. The second-order valence-electron chi connectivity index (χ2n) is 6.18. The molecule has 3 rings (SSSR count). The number of nitrogens with zero attached hydrogens (tertiary/aromatic N) is 1. The molecule has 144 valence electrons. The average Bonchev–Trinajstić information content (AvgIpc) is 3.05. The predicted molar refractivity (Wildman–Crippen MR) is 108 cm³/mol. The van der Waals surface area contributed by atoms with Gasteiger partial charge in [0, 0.05) is 29.7 Å². The molecule has 6 nitrogen and oxygen atoms in total. The van der Waals surface area contributed by atoms with Gasteiger partial charge in [0.05, 0.1) is 21.3 Å². The van der Waals surface area contributed by atoms with Gasteiger partial charge >= 0.3 is 0 Å². The van der Waals surface area contributed by atoms with Gasteiger partial charge in [0.2, 0.25) is 5.75 Å². The summed E-state index contributed by atoms with van der Waals surface area (Å²) < 4.78 is 18.1. The summed E-state index contributed by atoms with van der Waals surface area (Å²) in [5.41, 5.74) is 3.72. The number of methoxy groups -OCH3 is 3. The van der Waals surface area contributed by atoms with Crippen LogP contribution in [0.1, 0.15) is 21.5 Å². The number of aromatic nitrogens is 1. The summed E-state index contributed by atoms with van der Waals surface area (Å²) in [5.74, 6) is 1.45. The summed E-state index contributed by atoms with van der Waals surface area (Å²) in [6.45, 7) is 0. The lowest BCUT2D eigenvalue weighted by atomic mass is 9.95. The van der Waals surface area contributed by atoms with E-state index in [1.165, 1.54) is 27.4 Å². The Morgan fingerprint density at radius 1 is 0.929 bits per heavy atom. The number of ether oxygens (including phenoxy) is 3. The highest BCUT2D eigenvalue weighted by Gasteiger charge is 2.17. The second-order valence-corrected chi connectivity index (χ2v) is 6.18. The molecule has 1 heterocycles. The monoisotopic (exact) mass is 379 g/mol. The second kappa shape index (κ2) is 8.00. The summed E-state index contributed by atoms with van der Waals surface area (Å²) in [7, 11) is 6.50. The van der Waals surface area contributed by atoms with Crippen LogP contribution in [0, 0.1) is 0 Å². The number of hydrogen-bond donors (Lipinski definition) is 0. The largest absolute Gasteiger partial charge is 0.493 e. The van der Waals surface area contributed by atoms with Gasteiger partial charge in [-0.2, -0.15) is 0 Å². The molecule has 0 unspecified atom stereocenters. The van der Waals surface area contributed by atoms with E-state index in [-0.39, 0.29) is 0 Å². The van der Waals surface area contributed by atoms with Crippen molar-refractivity contribution in [2.45, 2.75) is 0 Å². The first-order chi connectivity index (χ1) is 13.6. The van der Waals surface area contributed by atoms with E-state index in [0.29, 0.717) is 28.4 Å². The van der Waals surface area contributed by atoms with Gasteiger partial charge in [-0.3, -0.25) is 9.59 Å². The fourth-order valence-corrected chi connectivity index (χ4v) is 3.35. The Hall–Kier alpha value is -3.54. The molecule has 0 saturated heterocycles. The number of benzene rings is 2. The number of fused-ring (bicyclic) bond motifs is 1. The number of aldehydes is 2. The Bertz CT molecular complexity index is 1050. The van der Waals surface area contributed by atoms with Gasteiger partial charge in [-0.05, 0) is 47.0 Å². The minimum absolute atomic E-state index is 0.473. The van der Waals surface area contributed by atoms with E-state index in [9.17, 15) is 9.59 Å². The van der Waals surface area contributed by atoms with Crippen LogP contribution >= 0.6 is 0 Å². The van der Waals surface area contributed by atoms with Crippen LogP contribution in [0.25, 0.3) is 16.5 Å². The van der Waals surface area contributed by atoms with Gasteiger partial charge in [-0.1, -0.05) is 6.07 Å². The van der Waals surface area contributed by atoms with E-state index >= 15 is 0 Å². The highest BCUT2D eigenvalue weighted by atomic mass is 16.5. The van der Waals surface area contributed by atoms with Crippen LogP contribution in [0.15, 0.2) is 42.6 Å². The summed E-state index contributed by atoms with van der Waals surface area (Å²) in [6.07, 6.45) is 4.82. The van der Waals surface area contributed by atoms with Crippen molar-refractivity contribution < 1.29 is 23.8 Å². The van der Waals surface area contributed by atoms with Gasteiger partial charge in [-0.25, -0.2) is 0 Å². The average molecular weight is 379 g/mol. The minimum Gasteiger partial charge on any atom is -0.493 e. The quantitative estimate of drug-likeness (QED) is 0.463. The summed E-state index contributed by atoms with van der Waals surface area (Å²) in [4.78, 5) is 22.8. The molecule has 28 heavy (non-hydrogen) atoms. The van der Waals surface area contributed by atoms with E-state index in [4.69, 9.17) is 14.2 Å². The normalized spacial score (nSPS) is 11.4. The van der Waals surface area contributed by atoms with Crippen LogP contribution in [0.5, 0.6) is 17.2 Å². The fourth-order valence-electron chi connectivity index (χ4n) is 3.35. The van der Waals surface area contributed by atoms with Gasteiger partial charge in [0.15, 0.2) is 17.8 Å². The van der Waals surface area contributed by atoms with Gasteiger partial charge in [0.1, 0.15) is 6.29 Å². The molecule has 0 aliphatic carbocycles. The summed E-state index contributed by atoms with van der Waals surface area (Å²) in [5, 5.41) is 0.819. The zero-order chi connectivity index (χ0) is 20.3. The number of carbonyl (C=O) groups is 2. The topological polar surface area (TPSA) is 66.8 Å². The minimum atomic E-state index is 0.473. The van der Waals surface area contributed by atoms with Crippen molar-refractivity contribution >= 4 is 29.0 Å². The van der Waals surface area contributed by atoms with E-state index in [2.05, 4.69) is 0 Å². The molecule has 1 aromatic heterocycles. The number of carbonyl (C=O) groups excluding carboxylic acids is 2. The maximum Gasteiger partial charge on any atom is 0.203 e. The predicted octanol–water partition coefficient (Wildman–Crippen LogP) is 3.65. The van der Waals surface area contributed by atoms with Crippen LogP contribution < -0.4 is 14.2 Å². The lowest BCUT2D eigenvalue weighted by molar-refractivity contribution is -0.104. The summed E-state index contributed by atoms with van der Waals surface area (Å²) >= 11 is 0. The van der Waals surface area contributed by atoms with Gasteiger partial charge in [-0.15, -0.1) is 0 Å². The third-order valence-corrected chi connectivity index (χ3v) is 4.67. The molecule has 0 aliphatic heterocycles. The molecule has 0 saturated carbocycles. The Morgan fingerprint density at radius 3 is 2.14 bits per heavy atom. The molecule has 0 fully saturated rings. The van der Waals surface area contributed by atoms with Crippen molar-refractivity contribution in [3.63, 3.8) is 0 Å². The van der Waals surface area contributed by atoms with E-state index in [1.807, 2.05) is 29.8 Å². The first-order valence-corrected chi connectivity index (χ1v) is 8.58. The summed E-state index contributed by atoms with van der Waals surface area (Å²) in [6, 6.07) is 9.31. The van der Waals surface area contributed by atoms with Crippen molar-refractivity contribution in [2.24, 2.45) is 7.05 Å². The Balaban J connectivity index is 2.23. The van der Waals surface area contributed by atoms with E-state index in [0.717, 1.165) is 34.6 Å². The first kappa shape index (κ1) is 19.2. The molecule has 0 aliphatic rings. The van der Waals surface area contributed by atoms with Gasteiger partial charge < -0.3 is 18.8 Å². The molecular weight excluding hydrogens is 358 g/mol. The smallest absolute Gasteiger partial charge is 0.203 e. The standard InChI is InChI=1S/C22H21NO5/c1-23-12-16(13-25)18-9-14(5-6-19(18)23)17(7-8-24)15-10-20(26-2)22(28-4)21(11-15)27-3/h5-13H,1-4H3/b17-7-. The van der Waals surface area contributed by atoms with Crippen LogP contribution in [0.4, 0.5) is 0 Å². The van der Waals surface area contributed by atoms with Crippen LogP contribution in [-0.4, -0.2) is 38.5 Å². The van der Waals surface area contributed by atoms with Crippen molar-refractivity contribution in [3.8, 4) is 17.2 Å². The number of rotatable bonds is 7. The van der Waals surface area contributed by atoms with Crippen molar-refractivity contribution in [1.29, 1.82) is 0 Å². The van der Waals surface area contributed by atoms with Crippen molar-refractivity contribution in [3.05, 3.63) is 59.3 Å². The molecule has 0 radical (unpaired) electrons. The highest BCUT2D eigenvalue weighted by Crippen LogP contribution is 2.41. The highest BCUT2D eigenvalue weighted by molar-refractivity contribution is 6.00. The molecule has 0 bridgehead atoms. The molecule has 3 aromatic rings. The third kappa shape index (κ3) is 3.24. The van der Waals surface area contributed by atoms with E-state index in [1.54, 1.807) is 18.3 Å². The number of hydrogen-bond acceptors (Lipinski definition) is 5. The van der Waals surface area contributed by atoms with Crippen molar-refractivity contribution in [1.82, 2.24) is 4.57 Å². The molecule has 0 amide bonds. The lowest BCUT2D eigenvalue weighted by Gasteiger charge is -2.16. The number of aryl methyl sites for hydroxylation is 1. The maximum atomic E-state index is 11.4. The van der Waals surface area contributed by atoms with Gasteiger partial charge in [0.25, 0.3) is 0 Å². The first-order valence-electron chi connectivity index (χ1n) is 8.58. The van der Waals surface area contributed by atoms with E-state index < -0.39 is 0 Å². The molecule has 2 aromatic carbocycles. The van der Waals surface area contributed by atoms with Crippen LogP contribution in [0.2, 0.25) is 0 Å². The fraction of sp³-hybridized carbons (Fsp3) is 0.182. The Kier molecular flexibility index (Phi) is 5.49. The molecule has 6 heteroatoms. The SMILES string of the molecule is COc1cc(/C(=C\C=O)c2ccc3c(c2)c(C=O)cn3C)cc(OC)c1OC. The Morgan fingerprint density at radius 2 is 1.61 bits per heavy atom. The van der Waals surface area contributed by atoms with Crippen LogP contribution in [-0.2, 0) is 11.8 Å². The maximum absolute atomic E-state index is 11.4. The zero-order valence-corrected chi connectivity index (χ0v) is 16.2.